The maximum Gasteiger partial charge on any atom is 0.0855 e. The van der Waals surface area contributed by atoms with Gasteiger partial charge in [0.2, 0.25) is 0 Å². The quantitative estimate of drug-likeness (QED) is 0.539. The van der Waals surface area contributed by atoms with Crippen molar-refractivity contribution in [1.29, 1.82) is 0 Å². The van der Waals surface area contributed by atoms with Gasteiger partial charge in [0.05, 0.1) is 22.5 Å². The van der Waals surface area contributed by atoms with Crippen LogP contribution in [0.3, 0.4) is 0 Å². The molecule has 1 saturated carbocycles. The lowest BCUT2D eigenvalue weighted by Crippen LogP contribution is -2.34. The van der Waals surface area contributed by atoms with Gasteiger partial charge in [-0.05, 0) is 50.0 Å². The summed E-state index contributed by atoms with van der Waals surface area (Å²) in [6, 6.07) is 4.44. The van der Waals surface area contributed by atoms with Gasteiger partial charge in [-0.2, -0.15) is 0 Å². The van der Waals surface area contributed by atoms with E-state index in [1.807, 2.05) is 24.0 Å². The number of hydrogen-bond acceptors (Lipinski definition) is 4. The fraction of sp³-hybridized carbons (Fsp3) is 0.542. The number of rotatable bonds is 5. The van der Waals surface area contributed by atoms with Crippen molar-refractivity contribution in [3.63, 3.8) is 0 Å². The van der Waals surface area contributed by atoms with E-state index in [9.17, 15) is 0 Å². The summed E-state index contributed by atoms with van der Waals surface area (Å²) in [5.41, 5.74) is 3.57. The van der Waals surface area contributed by atoms with Crippen LogP contribution in [0.2, 0.25) is 0 Å². The number of aromatic nitrogens is 1. The topological polar surface area (TPSA) is 28.2 Å². The molecule has 156 valence electrons. The summed E-state index contributed by atoms with van der Waals surface area (Å²) in [6.07, 6.45) is 21.5. The van der Waals surface area contributed by atoms with Crippen LogP contribution in [0.25, 0.3) is 0 Å². The second-order valence-corrected chi connectivity index (χ2v) is 10.1. The zero-order valence-electron chi connectivity index (χ0n) is 17.2. The third kappa shape index (κ3) is 5.40. The van der Waals surface area contributed by atoms with Crippen LogP contribution in [-0.2, 0) is 5.75 Å². The minimum atomic E-state index is -0.260. The molecule has 1 saturated heterocycles. The Labute approximate surface area is 184 Å². The summed E-state index contributed by atoms with van der Waals surface area (Å²) in [5, 5.41) is 3.49. The molecule has 0 radical (unpaired) electrons. The van der Waals surface area contributed by atoms with Crippen molar-refractivity contribution >= 4 is 29.1 Å². The first-order chi connectivity index (χ1) is 14.2. The van der Waals surface area contributed by atoms with Crippen LogP contribution >= 0.6 is 23.4 Å². The highest BCUT2D eigenvalue weighted by molar-refractivity contribution is 8.02. The van der Waals surface area contributed by atoms with Gasteiger partial charge in [-0.1, -0.05) is 38.2 Å². The number of hydrogen-bond donors (Lipinski definition) is 1. The van der Waals surface area contributed by atoms with Crippen molar-refractivity contribution in [3.8, 4) is 0 Å². The van der Waals surface area contributed by atoms with Crippen molar-refractivity contribution < 1.29 is 0 Å². The molecule has 0 atom stereocenters. The molecule has 1 N–H and O–H groups in total. The molecular formula is C24H32ClN3S. The van der Waals surface area contributed by atoms with Gasteiger partial charge >= 0.3 is 0 Å². The van der Waals surface area contributed by atoms with Gasteiger partial charge in [-0.15, -0.1) is 23.4 Å². The maximum absolute atomic E-state index is 7.10. The Bertz CT molecular complexity index is 755. The number of thioether (sulfide) groups is 1. The number of nitrogens with zero attached hydrogens (tertiary/aromatic N) is 2. The van der Waals surface area contributed by atoms with Gasteiger partial charge in [0.25, 0.3) is 0 Å². The number of anilines is 1. The molecule has 0 unspecified atom stereocenters. The highest BCUT2D eigenvalue weighted by atomic mass is 35.5. The number of pyridine rings is 1. The fourth-order valence-corrected chi connectivity index (χ4v) is 6.01. The third-order valence-electron chi connectivity index (χ3n) is 6.18. The lowest BCUT2D eigenvalue weighted by molar-refractivity contribution is 0.420. The highest BCUT2D eigenvalue weighted by Crippen LogP contribution is 2.43. The Morgan fingerprint density at radius 3 is 2.48 bits per heavy atom. The van der Waals surface area contributed by atoms with E-state index >= 15 is 0 Å². The van der Waals surface area contributed by atoms with Gasteiger partial charge in [-0.25, -0.2) is 0 Å². The Morgan fingerprint density at radius 2 is 1.76 bits per heavy atom. The Balaban J connectivity index is 1.44. The number of halogens is 1. The highest BCUT2D eigenvalue weighted by Gasteiger charge is 2.35. The van der Waals surface area contributed by atoms with Gasteiger partial charge in [0, 0.05) is 35.6 Å². The van der Waals surface area contributed by atoms with E-state index in [4.69, 9.17) is 16.6 Å². The summed E-state index contributed by atoms with van der Waals surface area (Å²) in [5.74, 6) is 0.859. The molecule has 0 bridgehead atoms. The molecule has 3 nitrogen and oxygen atoms in total. The molecule has 5 heteroatoms. The van der Waals surface area contributed by atoms with E-state index in [2.05, 4.69) is 40.7 Å². The lowest BCUT2D eigenvalue weighted by Gasteiger charge is -2.34. The summed E-state index contributed by atoms with van der Waals surface area (Å²) in [7, 11) is 0. The lowest BCUT2D eigenvalue weighted by atomic mass is 9.85. The SMILES string of the molecule is ClC1(C2=C(SCc3ccc(N4CCCCCC4)cn3)C=CC=CN2)CCCCC1. The first kappa shape index (κ1) is 20.9. The molecule has 1 aromatic heterocycles. The monoisotopic (exact) mass is 429 g/mol. The average Bonchev–Trinajstić information content (AvgIpc) is 3.17. The maximum atomic E-state index is 7.10. The summed E-state index contributed by atoms with van der Waals surface area (Å²) >= 11 is 8.94. The van der Waals surface area contributed by atoms with Crippen LogP contribution in [0, 0.1) is 0 Å². The van der Waals surface area contributed by atoms with Crippen LogP contribution in [0.1, 0.15) is 63.5 Å². The van der Waals surface area contributed by atoms with E-state index in [0.717, 1.165) is 37.4 Å². The Kier molecular flexibility index (Phi) is 7.25. The Hall–Kier alpha value is -1.39. The summed E-state index contributed by atoms with van der Waals surface area (Å²) in [6.45, 7) is 2.32. The van der Waals surface area contributed by atoms with Crippen LogP contribution in [0.5, 0.6) is 0 Å². The van der Waals surface area contributed by atoms with Crippen molar-refractivity contribution in [2.45, 2.75) is 68.4 Å². The molecule has 0 aromatic carbocycles. The van der Waals surface area contributed by atoms with Gasteiger partial charge in [0.1, 0.15) is 0 Å². The zero-order chi connectivity index (χ0) is 19.9. The van der Waals surface area contributed by atoms with Crippen molar-refractivity contribution in [3.05, 3.63) is 59.1 Å². The molecule has 4 rings (SSSR count). The predicted octanol–water partition coefficient (Wildman–Crippen LogP) is 6.52. The van der Waals surface area contributed by atoms with E-state index in [-0.39, 0.29) is 4.87 Å². The molecule has 2 fully saturated rings. The predicted molar refractivity (Wildman–Crippen MR) is 126 cm³/mol. The number of alkyl halides is 1. The van der Waals surface area contributed by atoms with E-state index in [0.29, 0.717) is 0 Å². The minimum Gasteiger partial charge on any atom is -0.370 e. The molecule has 3 aliphatic rings. The summed E-state index contributed by atoms with van der Waals surface area (Å²) in [4.78, 5) is 8.24. The first-order valence-electron chi connectivity index (χ1n) is 11.1. The molecule has 0 spiro atoms. The van der Waals surface area contributed by atoms with Crippen LogP contribution < -0.4 is 10.2 Å². The van der Waals surface area contributed by atoms with Crippen molar-refractivity contribution in [2.75, 3.05) is 18.0 Å². The molecule has 0 amide bonds. The largest absolute Gasteiger partial charge is 0.370 e. The average molecular weight is 430 g/mol. The number of nitrogens with one attached hydrogen (secondary N) is 1. The molecule has 2 aliphatic heterocycles. The molecule has 3 heterocycles. The third-order valence-corrected chi connectivity index (χ3v) is 7.84. The van der Waals surface area contributed by atoms with E-state index in [1.165, 1.54) is 61.2 Å². The van der Waals surface area contributed by atoms with Gasteiger partial charge in [0.15, 0.2) is 0 Å². The Morgan fingerprint density at radius 1 is 1.00 bits per heavy atom. The molecule has 1 aromatic rings. The normalized spacial score (nSPS) is 22.2. The second-order valence-electron chi connectivity index (χ2n) is 8.33. The van der Waals surface area contributed by atoms with E-state index in [1.54, 1.807) is 0 Å². The first-order valence-corrected chi connectivity index (χ1v) is 12.5. The molecular weight excluding hydrogens is 398 g/mol. The zero-order valence-corrected chi connectivity index (χ0v) is 18.8. The molecule has 29 heavy (non-hydrogen) atoms. The standard InChI is InChI=1S/C24H32ClN3S/c25-24(13-5-3-6-14-24)23-22(10-4-7-15-26-23)29-19-20-11-12-21(18-27-20)28-16-8-1-2-9-17-28/h4,7,10-12,15,18,26H,1-3,5-6,8-9,13-14,16-17,19H2. The van der Waals surface area contributed by atoms with Crippen LogP contribution in [-0.4, -0.2) is 22.9 Å². The van der Waals surface area contributed by atoms with Crippen LogP contribution in [0.15, 0.2) is 53.4 Å². The summed E-state index contributed by atoms with van der Waals surface area (Å²) < 4.78 is 0. The smallest absolute Gasteiger partial charge is 0.0855 e. The van der Waals surface area contributed by atoms with E-state index < -0.39 is 0 Å². The molecule has 1 aliphatic carbocycles. The fourth-order valence-electron chi connectivity index (χ4n) is 4.49. The minimum absolute atomic E-state index is 0.260. The number of allylic oxidation sites excluding steroid dienone is 4. The van der Waals surface area contributed by atoms with Gasteiger partial charge < -0.3 is 10.2 Å². The van der Waals surface area contributed by atoms with Gasteiger partial charge in [-0.3, -0.25) is 4.98 Å². The van der Waals surface area contributed by atoms with Crippen molar-refractivity contribution in [2.24, 2.45) is 0 Å². The second kappa shape index (κ2) is 10.1. The van der Waals surface area contributed by atoms with Crippen molar-refractivity contribution in [1.82, 2.24) is 10.3 Å². The van der Waals surface area contributed by atoms with Crippen LogP contribution in [0.4, 0.5) is 5.69 Å².